The van der Waals surface area contributed by atoms with Gasteiger partial charge in [0.1, 0.15) is 5.75 Å². The first kappa shape index (κ1) is 18.2. The molecule has 0 unspecified atom stereocenters. The van der Waals surface area contributed by atoms with Crippen LogP contribution in [0.3, 0.4) is 0 Å². The van der Waals surface area contributed by atoms with Crippen molar-refractivity contribution in [3.05, 3.63) is 28.8 Å². The standard InChI is InChI=1S/C15H25NO2.ClH/c1-11(2)7-13-9-15(18-4)12(5-6-16)8-14(13)10-17-3;/h8-9,11H,5-7,10,16H2,1-4H3;1H. The largest absolute Gasteiger partial charge is 0.496 e. The Labute approximate surface area is 122 Å². The van der Waals surface area contributed by atoms with Gasteiger partial charge in [-0.1, -0.05) is 13.8 Å². The minimum Gasteiger partial charge on any atom is -0.496 e. The van der Waals surface area contributed by atoms with E-state index in [4.69, 9.17) is 15.2 Å². The molecule has 0 aliphatic carbocycles. The number of rotatable bonds is 7. The summed E-state index contributed by atoms with van der Waals surface area (Å²) in [5, 5.41) is 0. The van der Waals surface area contributed by atoms with E-state index in [2.05, 4.69) is 26.0 Å². The summed E-state index contributed by atoms with van der Waals surface area (Å²) in [6, 6.07) is 4.31. The van der Waals surface area contributed by atoms with Crippen molar-refractivity contribution in [1.29, 1.82) is 0 Å². The van der Waals surface area contributed by atoms with Gasteiger partial charge in [0.25, 0.3) is 0 Å². The summed E-state index contributed by atoms with van der Waals surface area (Å²) < 4.78 is 10.7. The van der Waals surface area contributed by atoms with E-state index in [1.165, 1.54) is 16.7 Å². The molecule has 110 valence electrons. The minimum atomic E-state index is 0. The number of benzene rings is 1. The van der Waals surface area contributed by atoms with Crippen LogP contribution >= 0.6 is 12.4 Å². The summed E-state index contributed by atoms with van der Waals surface area (Å²) in [4.78, 5) is 0. The Morgan fingerprint density at radius 3 is 2.26 bits per heavy atom. The molecule has 0 aliphatic rings. The van der Waals surface area contributed by atoms with E-state index in [-0.39, 0.29) is 12.4 Å². The molecule has 0 aromatic heterocycles. The van der Waals surface area contributed by atoms with Gasteiger partial charge < -0.3 is 15.2 Å². The maximum absolute atomic E-state index is 5.64. The smallest absolute Gasteiger partial charge is 0.122 e. The minimum absolute atomic E-state index is 0. The van der Waals surface area contributed by atoms with Gasteiger partial charge in [-0.3, -0.25) is 0 Å². The first-order valence-electron chi connectivity index (χ1n) is 6.50. The number of hydrogen-bond donors (Lipinski definition) is 1. The van der Waals surface area contributed by atoms with E-state index in [1.807, 2.05) is 0 Å². The van der Waals surface area contributed by atoms with Crippen molar-refractivity contribution < 1.29 is 9.47 Å². The van der Waals surface area contributed by atoms with Crippen molar-refractivity contribution >= 4 is 12.4 Å². The quantitative estimate of drug-likeness (QED) is 0.838. The Hall–Kier alpha value is -0.770. The third kappa shape index (κ3) is 5.39. The van der Waals surface area contributed by atoms with Crippen LogP contribution < -0.4 is 10.5 Å². The Morgan fingerprint density at radius 1 is 1.11 bits per heavy atom. The molecule has 0 aliphatic heterocycles. The predicted octanol–water partition coefficient (Wildman–Crippen LogP) is 2.96. The molecule has 4 heteroatoms. The van der Waals surface area contributed by atoms with Gasteiger partial charge in [0, 0.05) is 7.11 Å². The lowest BCUT2D eigenvalue weighted by atomic mass is 9.95. The van der Waals surface area contributed by atoms with Crippen molar-refractivity contribution in [2.45, 2.75) is 33.3 Å². The van der Waals surface area contributed by atoms with E-state index in [1.54, 1.807) is 14.2 Å². The third-order valence-electron chi connectivity index (χ3n) is 2.94. The maximum Gasteiger partial charge on any atom is 0.122 e. The molecule has 0 atom stereocenters. The Bertz CT molecular complexity index is 381. The lowest BCUT2D eigenvalue weighted by Crippen LogP contribution is -2.08. The van der Waals surface area contributed by atoms with Crippen LogP contribution in [-0.4, -0.2) is 20.8 Å². The lowest BCUT2D eigenvalue weighted by Gasteiger charge is -2.16. The summed E-state index contributed by atoms with van der Waals surface area (Å²) in [6.45, 7) is 5.71. The zero-order valence-electron chi connectivity index (χ0n) is 12.4. The molecule has 1 rings (SSSR count). The highest BCUT2D eigenvalue weighted by Gasteiger charge is 2.11. The van der Waals surface area contributed by atoms with Crippen molar-refractivity contribution in [3.63, 3.8) is 0 Å². The zero-order chi connectivity index (χ0) is 13.5. The molecule has 2 N–H and O–H groups in total. The highest BCUT2D eigenvalue weighted by molar-refractivity contribution is 5.85. The van der Waals surface area contributed by atoms with Gasteiger partial charge in [-0.15, -0.1) is 12.4 Å². The fourth-order valence-corrected chi connectivity index (χ4v) is 2.18. The van der Waals surface area contributed by atoms with Crippen LogP contribution in [0.1, 0.15) is 30.5 Å². The Kier molecular flexibility index (Phi) is 8.81. The van der Waals surface area contributed by atoms with E-state index in [9.17, 15) is 0 Å². The molecular formula is C15H26ClNO2. The molecule has 3 nitrogen and oxygen atoms in total. The van der Waals surface area contributed by atoms with E-state index >= 15 is 0 Å². The van der Waals surface area contributed by atoms with Gasteiger partial charge in [0.15, 0.2) is 0 Å². The summed E-state index contributed by atoms with van der Waals surface area (Å²) in [7, 11) is 3.44. The molecule has 0 fully saturated rings. The van der Waals surface area contributed by atoms with E-state index < -0.39 is 0 Å². The van der Waals surface area contributed by atoms with Gasteiger partial charge in [-0.05, 0) is 54.1 Å². The number of halogens is 1. The van der Waals surface area contributed by atoms with E-state index in [0.29, 0.717) is 19.1 Å². The van der Waals surface area contributed by atoms with Crippen LogP contribution in [0.15, 0.2) is 12.1 Å². The number of nitrogens with two attached hydrogens (primary N) is 1. The molecule has 0 bridgehead atoms. The number of methoxy groups -OCH3 is 2. The number of ether oxygens (including phenoxy) is 2. The predicted molar refractivity (Wildman–Crippen MR) is 82.3 cm³/mol. The molecule has 0 amide bonds. The van der Waals surface area contributed by atoms with Crippen molar-refractivity contribution in [2.75, 3.05) is 20.8 Å². The molecule has 0 saturated heterocycles. The van der Waals surface area contributed by atoms with E-state index in [0.717, 1.165) is 18.6 Å². The summed E-state index contributed by atoms with van der Waals surface area (Å²) in [5.41, 5.74) is 9.36. The van der Waals surface area contributed by atoms with Crippen LogP contribution in [0.4, 0.5) is 0 Å². The Morgan fingerprint density at radius 2 is 1.79 bits per heavy atom. The van der Waals surface area contributed by atoms with Crippen LogP contribution in [0.5, 0.6) is 5.75 Å². The highest BCUT2D eigenvalue weighted by Crippen LogP contribution is 2.26. The van der Waals surface area contributed by atoms with Crippen molar-refractivity contribution in [1.82, 2.24) is 0 Å². The Balaban J connectivity index is 0.00000324. The van der Waals surface area contributed by atoms with Crippen LogP contribution in [-0.2, 0) is 24.2 Å². The average Bonchev–Trinajstić information content (AvgIpc) is 2.32. The fraction of sp³-hybridized carbons (Fsp3) is 0.600. The molecule has 19 heavy (non-hydrogen) atoms. The summed E-state index contributed by atoms with van der Waals surface area (Å²) >= 11 is 0. The molecule has 0 spiro atoms. The van der Waals surface area contributed by atoms with Crippen LogP contribution in [0.25, 0.3) is 0 Å². The van der Waals surface area contributed by atoms with Crippen molar-refractivity contribution in [2.24, 2.45) is 11.7 Å². The third-order valence-corrected chi connectivity index (χ3v) is 2.94. The zero-order valence-corrected chi connectivity index (χ0v) is 13.2. The monoisotopic (exact) mass is 287 g/mol. The number of hydrogen-bond acceptors (Lipinski definition) is 3. The SMILES string of the molecule is COCc1cc(CCN)c(OC)cc1CC(C)C.Cl. The topological polar surface area (TPSA) is 44.5 Å². The van der Waals surface area contributed by atoms with Crippen molar-refractivity contribution in [3.8, 4) is 5.75 Å². The summed E-state index contributed by atoms with van der Waals surface area (Å²) in [5.74, 6) is 1.56. The second-order valence-corrected chi connectivity index (χ2v) is 5.00. The van der Waals surface area contributed by atoms with Gasteiger partial charge in [0.05, 0.1) is 13.7 Å². The van der Waals surface area contributed by atoms with Gasteiger partial charge in [-0.2, -0.15) is 0 Å². The highest BCUT2D eigenvalue weighted by atomic mass is 35.5. The lowest BCUT2D eigenvalue weighted by molar-refractivity contribution is 0.184. The van der Waals surface area contributed by atoms with Gasteiger partial charge in [0.2, 0.25) is 0 Å². The molecule has 0 radical (unpaired) electrons. The average molecular weight is 288 g/mol. The molecule has 1 aromatic carbocycles. The van der Waals surface area contributed by atoms with Gasteiger partial charge >= 0.3 is 0 Å². The molecule has 0 saturated carbocycles. The first-order valence-corrected chi connectivity index (χ1v) is 6.50. The van der Waals surface area contributed by atoms with Crippen LogP contribution in [0.2, 0.25) is 0 Å². The second-order valence-electron chi connectivity index (χ2n) is 5.00. The normalized spacial score (nSPS) is 10.4. The van der Waals surface area contributed by atoms with Gasteiger partial charge in [-0.25, -0.2) is 0 Å². The second kappa shape index (κ2) is 9.18. The first-order chi connectivity index (χ1) is 8.62. The molecular weight excluding hydrogens is 262 g/mol. The molecule has 0 heterocycles. The van der Waals surface area contributed by atoms with Crippen LogP contribution in [0, 0.1) is 5.92 Å². The molecule has 1 aromatic rings. The fourth-order valence-electron chi connectivity index (χ4n) is 2.18. The summed E-state index contributed by atoms with van der Waals surface area (Å²) in [6.07, 6.45) is 1.87. The maximum atomic E-state index is 5.64.